The SMILES string of the molecule is CC(C)(CCC(=O)O)NC(=O)c1cccc([N+](=O)[O-])c1Br. The van der Waals surface area contributed by atoms with E-state index in [-0.39, 0.29) is 28.6 Å². The molecule has 0 saturated heterocycles. The Balaban J connectivity index is 2.92. The molecular weight excluding hydrogens is 344 g/mol. The van der Waals surface area contributed by atoms with E-state index in [1.165, 1.54) is 18.2 Å². The molecule has 1 rings (SSSR count). The lowest BCUT2D eigenvalue weighted by Crippen LogP contribution is -2.43. The minimum atomic E-state index is -0.950. The van der Waals surface area contributed by atoms with Crippen LogP contribution in [0, 0.1) is 10.1 Å². The third-order valence-corrected chi connectivity index (χ3v) is 3.67. The van der Waals surface area contributed by atoms with Gasteiger partial charge in [-0.2, -0.15) is 0 Å². The Morgan fingerprint density at radius 2 is 2.05 bits per heavy atom. The molecule has 0 atom stereocenters. The molecule has 0 fully saturated rings. The van der Waals surface area contributed by atoms with Gasteiger partial charge >= 0.3 is 5.97 Å². The number of hydrogen-bond donors (Lipinski definition) is 2. The van der Waals surface area contributed by atoms with Crippen LogP contribution in [0.2, 0.25) is 0 Å². The van der Waals surface area contributed by atoms with Crippen LogP contribution in [-0.4, -0.2) is 27.4 Å². The third-order valence-electron chi connectivity index (χ3n) is 2.84. The first-order chi connectivity index (χ1) is 9.64. The molecule has 114 valence electrons. The minimum Gasteiger partial charge on any atom is -0.481 e. The van der Waals surface area contributed by atoms with Crippen molar-refractivity contribution < 1.29 is 19.6 Å². The fourth-order valence-corrected chi connectivity index (χ4v) is 2.28. The Morgan fingerprint density at radius 3 is 2.57 bits per heavy atom. The highest BCUT2D eigenvalue weighted by Gasteiger charge is 2.25. The van der Waals surface area contributed by atoms with Gasteiger partial charge in [-0.15, -0.1) is 0 Å². The Morgan fingerprint density at radius 1 is 1.43 bits per heavy atom. The van der Waals surface area contributed by atoms with Gasteiger partial charge < -0.3 is 10.4 Å². The molecule has 0 radical (unpaired) electrons. The fourth-order valence-electron chi connectivity index (χ4n) is 1.69. The molecule has 0 aromatic heterocycles. The summed E-state index contributed by atoms with van der Waals surface area (Å²) in [7, 11) is 0. The average molecular weight is 359 g/mol. The first-order valence-electron chi connectivity index (χ1n) is 6.11. The maximum atomic E-state index is 12.2. The number of carboxylic acid groups (broad SMARTS) is 1. The number of nitro groups is 1. The van der Waals surface area contributed by atoms with Crippen LogP contribution in [-0.2, 0) is 4.79 Å². The first-order valence-corrected chi connectivity index (χ1v) is 6.90. The first kappa shape index (κ1) is 17.1. The van der Waals surface area contributed by atoms with Crippen molar-refractivity contribution in [2.45, 2.75) is 32.2 Å². The van der Waals surface area contributed by atoms with Crippen molar-refractivity contribution in [1.82, 2.24) is 5.32 Å². The molecule has 0 spiro atoms. The number of carboxylic acids is 1. The van der Waals surface area contributed by atoms with E-state index in [0.717, 1.165) is 0 Å². The molecule has 7 nitrogen and oxygen atoms in total. The summed E-state index contributed by atoms with van der Waals surface area (Å²) in [5.74, 6) is -1.45. The number of nitro benzene ring substituents is 1. The molecule has 1 amide bonds. The van der Waals surface area contributed by atoms with Gasteiger partial charge in [0.1, 0.15) is 4.47 Å². The van der Waals surface area contributed by atoms with Crippen LogP contribution in [0.15, 0.2) is 22.7 Å². The Kier molecular flexibility index (Phi) is 5.42. The van der Waals surface area contributed by atoms with Crippen LogP contribution in [0.4, 0.5) is 5.69 Å². The van der Waals surface area contributed by atoms with Crippen LogP contribution >= 0.6 is 15.9 Å². The maximum absolute atomic E-state index is 12.2. The number of halogens is 1. The summed E-state index contributed by atoms with van der Waals surface area (Å²) in [6.07, 6.45) is 0.171. The highest BCUT2D eigenvalue weighted by atomic mass is 79.9. The molecule has 2 N–H and O–H groups in total. The van der Waals surface area contributed by atoms with Gasteiger partial charge in [0.15, 0.2) is 0 Å². The summed E-state index contributed by atoms with van der Waals surface area (Å²) in [6, 6.07) is 4.16. The second-order valence-corrected chi connectivity index (χ2v) is 5.92. The monoisotopic (exact) mass is 358 g/mol. The van der Waals surface area contributed by atoms with E-state index in [0.29, 0.717) is 0 Å². The van der Waals surface area contributed by atoms with Gasteiger partial charge in [0.2, 0.25) is 0 Å². The van der Waals surface area contributed by atoms with E-state index >= 15 is 0 Å². The average Bonchev–Trinajstić information content (AvgIpc) is 2.35. The van der Waals surface area contributed by atoms with Crippen molar-refractivity contribution >= 4 is 33.5 Å². The number of benzene rings is 1. The number of carbonyl (C=O) groups is 2. The molecule has 0 heterocycles. The molecule has 0 aliphatic carbocycles. The van der Waals surface area contributed by atoms with E-state index in [1.807, 2.05) is 0 Å². The summed E-state index contributed by atoms with van der Waals surface area (Å²) < 4.78 is 0.0986. The zero-order chi connectivity index (χ0) is 16.2. The van der Waals surface area contributed by atoms with Crippen LogP contribution in [0.1, 0.15) is 37.0 Å². The minimum absolute atomic E-state index is 0.0800. The third kappa shape index (κ3) is 4.82. The van der Waals surface area contributed by atoms with Crippen LogP contribution in [0.25, 0.3) is 0 Å². The van der Waals surface area contributed by atoms with Gasteiger partial charge in [0, 0.05) is 18.0 Å². The molecule has 0 aliphatic rings. The van der Waals surface area contributed by atoms with Crippen LogP contribution < -0.4 is 5.32 Å². The van der Waals surface area contributed by atoms with Crippen LogP contribution in [0.5, 0.6) is 0 Å². The largest absolute Gasteiger partial charge is 0.481 e. The molecule has 0 unspecified atom stereocenters. The lowest BCUT2D eigenvalue weighted by Gasteiger charge is -2.25. The molecule has 8 heteroatoms. The van der Waals surface area contributed by atoms with Crippen LogP contribution in [0.3, 0.4) is 0 Å². The van der Waals surface area contributed by atoms with E-state index in [2.05, 4.69) is 21.2 Å². The predicted octanol–water partition coefficient (Wildman–Crippen LogP) is 2.73. The molecule has 1 aromatic rings. The lowest BCUT2D eigenvalue weighted by molar-refractivity contribution is -0.385. The number of rotatable bonds is 6. The van der Waals surface area contributed by atoms with E-state index in [4.69, 9.17) is 5.11 Å². The normalized spacial score (nSPS) is 11.0. The number of carbonyl (C=O) groups excluding carboxylic acids is 1. The smallest absolute Gasteiger partial charge is 0.303 e. The quantitative estimate of drug-likeness (QED) is 0.600. The number of aliphatic carboxylic acids is 1. The summed E-state index contributed by atoms with van der Waals surface area (Å²) in [4.78, 5) is 33.0. The van der Waals surface area contributed by atoms with Gasteiger partial charge in [-0.25, -0.2) is 0 Å². The molecule has 0 bridgehead atoms. The van der Waals surface area contributed by atoms with E-state index in [9.17, 15) is 19.7 Å². The van der Waals surface area contributed by atoms with E-state index in [1.54, 1.807) is 13.8 Å². The lowest BCUT2D eigenvalue weighted by atomic mass is 9.97. The Bertz CT molecular complexity index is 586. The maximum Gasteiger partial charge on any atom is 0.303 e. The Labute approximate surface area is 129 Å². The molecule has 1 aromatic carbocycles. The zero-order valence-corrected chi connectivity index (χ0v) is 13.1. The Hall–Kier alpha value is -1.96. The summed E-state index contributed by atoms with van der Waals surface area (Å²) in [6.45, 7) is 3.39. The van der Waals surface area contributed by atoms with Crippen molar-refractivity contribution in [1.29, 1.82) is 0 Å². The van der Waals surface area contributed by atoms with Gasteiger partial charge in [0.25, 0.3) is 11.6 Å². The number of hydrogen-bond acceptors (Lipinski definition) is 4. The standard InChI is InChI=1S/C13H15BrN2O5/c1-13(2,7-6-10(17)18)15-12(19)8-4-3-5-9(11(8)14)16(20)21/h3-5H,6-7H2,1-2H3,(H,15,19)(H,17,18). The van der Waals surface area contributed by atoms with Crippen molar-refractivity contribution in [3.8, 4) is 0 Å². The summed E-state index contributed by atoms with van der Waals surface area (Å²) >= 11 is 3.06. The van der Waals surface area contributed by atoms with Crippen molar-refractivity contribution in [2.75, 3.05) is 0 Å². The van der Waals surface area contributed by atoms with Gasteiger partial charge in [0.05, 0.1) is 10.5 Å². The molecule has 0 saturated carbocycles. The molecule has 0 aliphatic heterocycles. The summed E-state index contributed by atoms with van der Waals surface area (Å²) in [5, 5.41) is 22.2. The fraction of sp³-hybridized carbons (Fsp3) is 0.385. The predicted molar refractivity (Wildman–Crippen MR) is 79.2 cm³/mol. The highest BCUT2D eigenvalue weighted by Crippen LogP contribution is 2.28. The second kappa shape index (κ2) is 6.66. The van der Waals surface area contributed by atoms with Crippen molar-refractivity contribution in [2.24, 2.45) is 0 Å². The van der Waals surface area contributed by atoms with Gasteiger partial charge in [-0.1, -0.05) is 6.07 Å². The second-order valence-electron chi connectivity index (χ2n) is 5.13. The zero-order valence-electron chi connectivity index (χ0n) is 11.6. The topological polar surface area (TPSA) is 110 Å². The van der Waals surface area contributed by atoms with Gasteiger partial charge in [-0.3, -0.25) is 19.7 Å². The van der Waals surface area contributed by atoms with E-state index < -0.39 is 22.3 Å². The van der Waals surface area contributed by atoms with Crippen molar-refractivity contribution in [3.63, 3.8) is 0 Å². The molecule has 21 heavy (non-hydrogen) atoms. The number of amides is 1. The molecular formula is C13H15BrN2O5. The van der Waals surface area contributed by atoms with Crippen molar-refractivity contribution in [3.05, 3.63) is 38.3 Å². The summed E-state index contributed by atoms with van der Waals surface area (Å²) in [5.41, 5.74) is -0.807. The highest BCUT2D eigenvalue weighted by molar-refractivity contribution is 9.10. The number of nitrogens with zero attached hydrogens (tertiary/aromatic N) is 1. The van der Waals surface area contributed by atoms with Gasteiger partial charge in [-0.05, 0) is 42.3 Å². The number of nitrogens with one attached hydrogen (secondary N) is 1.